The molecule has 1 heteroatoms. The highest BCUT2D eigenvalue weighted by molar-refractivity contribution is 6.05. The van der Waals surface area contributed by atoms with E-state index in [1.165, 1.54) is 21.9 Å². The van der Waals surface area contributed by atoms with Crippen LogP contribution >= 0.6 is 0 Å². The molecule has 0 N–H and O–H groups in total. The van der Waals surface area contributed by atoms with E-state index in [1.54, 1.807) is 0 Å². The number of benzene rings is 4. The van der Waals surface area contributed by atoms with Gasteiger partial charge in [0.15, 0.2) is 0 Å². The second-order valence-electron chi connectivity index (χ2n) is 5.95. The lowest BCUT2D eigenvalue weighted by Crippen LogP contribution is -1.92. The Labute approximate surface area is 136 Å². The average molecular weight is 298 g/mol. The zero-order valence-corrected chi connectivity index (χ0v) is 13.3. The second-order valence-corrected chi connectivity index (χ2v) is 5.95. The molecule has 0 atom stereocenters. The van der Waals surface area contributed by atoms with Gasteiger partial charge in [0.25, 0.3) is 0 Å². The average Bonchev–Trinajstić information content (AvgIpc) is 2.58. The molecule has 112 valence electrons. The maximum Gasteiger partial charge on any atom is 0.143 e. The molecule has 4 aromatic carbocycles. The summed E-state index contributed by atoms with van der Waals surface area (Å²) in [5.74, 6) is 1.86. The number of rotatable bonds is 2. The molecule has 23 heavy (non-hydrogen) atoms. The molecule has 0 saturated heterocycles. The van der Waals surface area contributed by atoms with Gasteiger partial charge in [0.2, 0.25) is 0 Å². The molecule has 0 radical (unpaired) electrons. The molecular formula is C22H18O. The van der Waals surface area contributed by atoms with Gasteiger partial charge in [0.1, 0.15) is 11.5 Å². The molecule has 0 saturated carbocycles. The van der Waals surface area contributed by atoms with E-state index in [9.17, 15) is 0 Å². The summed E-state index contributed by atoms with van der Waals surface area (Å²) < 4.78 is 6.42. The van der Waals surface area contributed by atoms with Gasteiger partial charge in [-0.2, -0.15) is 0 Å². The van der Waals surface area contributed by atoms with E-state index in [0.717, 1.165) is 22.3 Å². The van der Waals surface area contributed by atoms with Crippen LogP contribution in [0.15, 0.2) is 72.8 Å². The van der Waals surface area contributed by atoms with Crippen molar-refractivity contribution < 1.29 is 4.74 Å². The monoisotopic (exact) mass is 298 g/mol. The van der Waals surface area contributed by atoms with Crippen molar-refractivity contribution in [3.63, 3.8) is 0 Å². The summed E-state index contributed by atoms with van der Waals surface area (Å²) >= 11 is 0. The molecule has 4 aromatic rings. The summed E-state index contributed by atoms with van der Waals surface area (Å²) in [5.41, 5.74) is 2.43. The number of hydrogen-bond donors (Lipinski definition) is 0. The molecule has 0 aliphatic rings. The van der Waals surface area contributed by atoms with Gasteiger partial charge >= 0.3 is 0 Å². The SMILES string of the molecule is Cc1cccc(Oc2c3ccccc3cc3ccccc23)c1C. The summed E-state index contributed by atoms with van der Waals surface area (Å²) in [5, 5.41) is 4.69. The Kier molecular flexibility index (Phi) is 3.27. The van der Waals surface area contributed by atoms with E-state index >= 15 is 0 Å². The van der Waals surface area contributed by atoms with Gasteiger partial charge in [0, 0.05) is 10.8 Å². The summed E-state index contributed by atoms with van der Waals surface area (Å²) in [7, 11) is 0. The van der Waals surface area contributed by atoms with Gasteiger partial charge in [-0.05, 0) is 47.9 Å². The minimum absolute atomic E-state index is 0.923. The predicted octanol–water partition coefficient (Wildman–Crippen LogP) is 6.40. The van der Waals surface area contributed by atoms with Crippen molar-refractivity contribution in [2.45, 2.75) is 13.8 Å². The molecule has 0 bridgehead atoms. The van der Waals surface area contributed by atoms with E-state index in [-0.39, 0.29) is 0 Å². The summed E-state index contributed by atoms with van der Waals surface area (Å²) in [6.07, 6.45) is 0. The summed E-state index contributed by atoms with van der Waals surface area (Å²) in [6, 6.07) is 25.2. The van der Waals surface area contributed by atoms with Crippen molar-refractivity contribution in [1.82, 2.24) is 0 Å². The zero-order chi connectivity index (χ0) is 15.8. The van der Waals surface area contributed by atoms with Crippen molar-refractivity contribution >= 4 is 21.5 Å². The third-order valence-electron chi connectivity index (χ3n) is 4.49. The summed E-state index contributed by atoms with van der Waals surface area (Å²) in [4.78, 5) is 0. The highest BCUT2D eigenvalue weighted by atomic mass is 16.5. The molecule has 4 rings (SSSR count). The Bertz CT molecular complexity index is 961. The Balaban J connectivity index is 2.01. The maximum absolute atomic E-state index is 6.42. The van der Waals surface area contributed by atoms with Crippen LogP contribution in [-0.2, 0) is 0 Å². The Morgan fingerprint density at radius 1 is 0.652 bits per heavy atom. The first-order valence-corrected chi connectivity index (χ1v) is 7.88. The smallest absolute Gasteiger partial charge is 0.143 e. The van der Waals surface area contributed by atoms with Crippen LogP contribution < -0.4 is 4.74 Å². The summed E-state index contributed by atoms with van der Waals surface area (Å²) in [6.45, 7) is 4.22. The fourth-order valence-corrected chi connectivity index (χ4v) is 3.03. The van der Waals surface area contributed by atoms with E-state index in [1.807, 2.05) is 12.1 Å². The van der Waals surface area contributed by atoms with Gasteiger partial charge in [-0.25, -0.2) is 0 Å². The molecule has 0 aliphatic carbocycles. The van der Waals surface area contributed by atoms with Crippen LogP contribution in [0.2, 0.25) is 0 Å². The van der Waals surface area contributed by atoms with E-state index in [4.69, 9.17) is 4.74 Å². The van der Waals surface area contributed by atoms with E-state index in [0.29, 0.717) is 0 Å². The normalized spacial score (nSPS) is 11.0. The van der Waals surface area contributed by atoms with Crippen molar-refractivity contribution in [3.8, 4) is 11.5 Å². The van der Waals surface area contributed by atoms with Gasteiger partial charge < -0.3 is 4.74 Å². The van der Waals surface area contributed by atoms with Crippen molar-refractivity contribution in [2.24, 2.45) is 0 Å². The number of hydrogen-bond acceptors (Lipinski definition) is 1. The zero-order valence-electron chi connectivity index (χ0n) is 13.3. The quantitative estimate of drug-likeness (QED) is 0.389. The highest BCUT2D eigenvalue weighted by Gasteiger charge is 2.11. The van der Waals surface area contributed by atoms with Crippen LogP contribution in [0.3, 0.4) is 0 Å². The molecule has 0 fully saturated rings. The predicted molar refractivity (Wildman–Crippen MR) is 97.4 cm³/mol. The van der Waals surface area contributed by atoms with Crippen LogP contribution in [0.4, 0.5) is 0 Å². The second kappa shape index (κ2) is 5.44. The highest BCUT2D eigenvalue weighted by Crippen LogP contribution is 2.38. The molecule has 1 nitrogen and oxygen atoms in total. The molecule has 0 heterocycles. The maximum atomic E-state index is 6.42. The number of ether oxygens (including phenoxy) is 1. The first kappa shape index (κ1) is 13.8. The molecular weight excluding hydrogens is 280 g/mol. The van der Waals surface area contributed by atoms with E-state index in [2.05, 4.69) is 74.5 Å². The van der Waals surface area contributed by atoms with Gasteiger partial charge in [0.05, 0.1) is 0 Å². The first-order valence-electron chi connectivity index (χ1n) is 7.88. The fourth-order valence-electron chi connectivity index (χ4n) is 3.03. The lowest BCUT2D eigenvalue weighted by molar-refractivity contribution is 0.489. The van der Waals surface area contributed by atoms with Gasteiger partial charge in [-0.3, -0.25) is 0 Å². The molecule has 0 amide bonds. The number of fused-ring (bicyclic) bond motifs is 2. The largest absolute Gasteiger partial charge is 0.456 e. The van der Waals surface area contributed by atoms with Crippen molar-refractivity contribution in [2.75, 3.05) is 0 Å². The van der Waals surface area contributed by atoms with Crippen LogP contribution in [0.1, 0.15) is 11.1 Å². The minimum Gasteiger partial charge on any atom is -0.456 e. The topological polar surface area (TPSA) is 9.23 Å². The van der Waals surface area contributed by atoms with Gasteiger partial charge in [-0.15, -0.1) is 0 Å². The molecule has 0 aliphatic heterocycles. The lowest BCUT2D eigenvalue weighted by atomic mass is 10.0. The Hall–Kier alpha value is -2.80. The first-order chi connectivity index (χ1) is 11.2. The third-order valence-corrected chi connectivity index (χ3v) is 4.49. The van der Waals surface area contributed by atoms with E-state index < -0.39 is 0 Å². The lowest BCUT2D eigenvalue weighted by Gasteiger charge is -2.15. The standard InChI is InChI=1S/C22H18O/c1-15-8-7-13-21(16(15)2)23-22-19-11-5-3-9-17(19)14-18-10-4-6-12-20(18)22/h3-14H,1-2H3. The molecule has 0 aromatic heterocycles. The Morgan fingerprint density at radius 3 is 1.91 bits per heavy atom. The molecule has 0 spiro atoms. The van der Waals surface area contributed by atoms with Gasteiger partial charge in [-0.1, -0.05) is 60.7 Å². The number of aryl methyl sites for hydroxylation is 1. The van der Waals surface area contributed by atoms with Crippen LogP contribution in [0.25, 0.3) is 21.5 Å². The third kappa shape index (κ3) is 2.35. The van der Waals surface area contributed by atoms with Crippen molar-refractivity contribution in [1.29, 1.82) is 0 Å². The van der Waals surface area contributed by atoms with Crippen LogP contribution in [0.5, 0.6) is 11.5 Å². The minimum atomic E-state index is 0.923. The van der Waals surface area contributed by atoms with Crippen molar-refractivity contribution in [3.05, 3.63) is 83.9 Å². The van der Waals surface area contributed by atoms with Crippen LogP contribution in [0, 0.1) is 13.8 Å². The Morgan fingerprint density at radius 2 is 1.26 bits per heavy atom. The van der Waals surface area contributed by atoms with Crippen LogP contribution in [-0.4, -0.2) is 0 Å². The fraction of sp³-hybridized carbons (Fsp3) is 0.0909. The molecule has 0 unspecified atom stereocenters.